The molecule has 1 saturated heterocycles. The highest BCUT2D eigenvalue weighted by Gasteiger charge is 2.30. The van der Waals surface area contributed by atoms with Crippen LogP contribution >= 0.6 is 15.9 Å². The van der Waals surface area contributed by atoms with Crippen LogP contribution in [0.25, 0.3) is 0 Å². The van der Waals surface area contributed by atoms with E-state index in [1.807, 2.05) is 6.92 Å². The Hall–Kier alpha value is -1.40. The number of carbonyl (C=O) groups excluding carboxylic acids is 1. The van der Waals surface area contributed by atoms with Gasteiger partial charge in [-0.3, -0.25) is 4.79 Å². The lowest BCUT2D eigenvalue weighted by molar-refractivity contribution is 0.0206. The molecule has 0 aliphatic carbocycles. The van der Waals surface area contributed by atoms with E-state index in [4.69, 9.17) is 9.84 Å². The fourth-order valence-corrected chi connectivity index (χ4v) is 2.68. The third-order valence-electron chi connectivity index (χ3n) is 3.33. The summed E-state index contributed by atoms with van der Waals surface area (Å²) in [6, 6.07) is 4.42. The highest BCUT2D eigenvalue weighted by Crippen LogP contribution is 2.24. The van der Waals surface area contributed by atoms with Gasteiger partial charge < -0.3 is 15.2 Å². The van der Waals surface area contributed by atoms with Gasteiger partial charge >= 0.3 is 5.97 Å². The van der Waals surface area contributed by atoms with E-state index in [0.29, 0.717) is 23.2 Å². The zero-order chi connectivity index (χ0) is 14.8. The number of carbonyl (C=O) groups is 2. The van der Waals surface area contributed by atoms with Gasteiger partial charge in [-0.1, -0.05) is 15.9 Å². The van der Waals surface area contributed by atoms with E-state index in [2.05, 4.69) is 21.2 Å². The fourth-order valence-electron chi connectivity index (χ4n) is 2.19. The van der Waals surface area contributed by atoms with Crippen LogP contribution in [0.5, 0.6) is 0 Å². The minimum Gasteiger partial charge on any atom is -0.478 e. The summed E-state index contributed by atoms with van der Waals surface area (Å²) in [6.45, 7) is 3.09. The number of ether oxygens (including phenoxy) is 1. The van der Waals surface area contributed by atoms with Crippen molar-refractivity contribution in [3.05, 3.63) is 33.8 Å². The SMILES string of the molecule is CC1(CNC(=O)c2cc(Br)cc(C(=O)O)c2)CCCO1. The Balaban J connectivity index is 2.07. The Morgan fingerprint density at radius 3 is 2.70 bits per heavy atom. The van der Waals surface area contributed by atoms with Crippen LogP contribution in [0.4, 0.5) is 0 Å². The van der Waals surface area contributed by atoms with Gasteiger partial charge in [0, 0.05) is 23.2 Å². The molecule has 1 aromatic carbocycles. The van der Waals surface area contributed by atoms with E-state index in [0.717, 1.165) is 12.8 Å². The number of halogens is 1. The van der Waals surface area contributed by atoms with Gasteiger partial charge in [-0.25, -0.2) is 4.79 Å². The molecule has 1 aliphatic rings. The Kier molecular flexibility index (Phi) is 4.45. The zero-order valence-electron chi connectivity index (χ0n) is 11.1. The standard InChI is InChI=1S/C14H16BrNO4/c1-14(3-2-4-20-14)8-16-12(17)9-5-10(13(18)19)7-11(15)6-9/h5-7H,2-4,8H2,1H3,(H,16,17)(H,18,19). The third-order valence-corrected chi connectivity index (χ3v) is 3.79. The van der Waals surface area contributed by atoms with Gasteiger partial charge in [-0.2, -0.15) is 0 Å². The van der Waals surface area contributed by atoms with Crippen molar-refractivity contribution in [2.24, 2.45) is 0 Å². The first-order chi connectivity index (χ1) is 9.39. The maximum atomic E-state index is 12.1. The molecule has 108 valence electrons. The number of benzene rings is 1. The van der Waals surface area contributed by atoms with E-state index in [9.17, 15) is 9.59 Å². The molecule has 1 heterocycles. The van der Waals surface area contributed by atoms with E-state index in [1.165, 1.54) is 12.1 Å². The molecular formula is C14H16BrNO4. The summed E-state index contributed by atoms with van der Waals surface area (Å²) < 4.78 is 6.16. The van der Waals surface area contributed by atoms with Crippen molar-refractivity contribution in [1.82, 2.24) is 5.32 Å². The highest BCUT2D eigenvalue weighted by molar-refractivity contribution is 9.10. The minimum absolute atomic E-state index is 0.0767. The summed E-state index contributed by atoms with van der Waals surface area (Å²) >= 11 is 3.21. The van der Waals surface area contributed by atoms with Crippen LogP contribution in [0, 0.1) is 0 Å². The van der Waals surface area contributed by atoms with Crippen LogP contribution in [0.2, 0.25) is 0 Å². The molecule has 0 bridgehead atoms. The van der Waals surface area contributed by atoms with Crippen LogP contribution in [-0.4, -0.2) is 35.7 Å². The number of rotatable bonds is 4. The number of hydrogen-bond donors (Lipinski definition) is 2. The van der Waals surface area contributed by atoms with Crippen LogP contribution in [0.1, 0.15) is 40.5 Å². The molecule has 1 aliphatic heterocycles. The Bertz CT molecular complexity index is 538. The summed E-state index contributed by atoms with van der Waals surface area (Å²) in [5.74, 6) is -1.36. The quantitative estimate of drug-likeness (QED) is 0.881. The maximum absolute atomic E-state index is 12.1. The third kappa shape index (κ3) is 3.58. The number of nitrogens with one attached hydrogen (secondary N) is 1. The van der Waals surface area contributed by atoms with Gasteiger partial charge in [0.2, 0.25) is 0 Å². The molecule has 5 nitrogen and oxygen atoms in total. The summed E-state index contributed by atoms with van der Waals surface area (Å²) in [5, 5.41) is 11.8. The second-order valence-corrected chi connectivity index (χ2v) is 6.03. The molecule has 1 atom stereocenters. The van der Waals surface area contributed by atoms with E-state index >= 15 is 0 Å². The number of carboxylic acids is 1. The van der Waals surface area contributed by atoms with Gasteiger partial charge in [0.05, 0.1) is 11.2 Å². The Morgan fingerprint density at radius 2 is 2.10 bits per heavy atom. The van der Waals surface area contributed by atoms with Crippen LogP contribution in [0.15, 0.2) is 22.7 Å². The lowest BCUT2D eigenvalue weighted by Crippen LogP contribution is -2.40. The molecule has 1 amide bonds. The first kappa shape index (κ1) is 15.0. The molecule has 0 saturated carbocycles. The van der Waals surface area contributed by atoms with E-state index < -0.39 is 5.97 Å². The number of aromatic carboxylic acids is 1. The molecule has 20 heavy (non-hydrogen) atoms. The largest absolute Gasteiger partial charge is 0.478 e. The molecule has 0 radical (unpaired) electrons. The molecule has 1 fully saturated rings. The lowest BCUT2D eigenvalue weighted by Gasteiger charge is -2.23. The molecule has 2 rings (SSSR count). The monoisotopic (exact) mass is 341 g/mol. The van der Waals surface area contributed by atoms with Crippen molar-refractivity contribution in [2.45, 2.75) is 25.4 Å². The zero-order valence-corrected chi connectivity index (χ0v) is 12.7. The Morgan fingerprint density at radius 1 is 1.40 bits per heavy atom. The van der Waals surface area contributed by atoms with Gasteiger partial charge in [-0.05, 0) is 38.0 Å². The average Bonchev–Trinajstić information content (AvgIpc) is 2.82. The topological polar surface area (TPSA) is 75.6 Å². The predicted octanol–water partition coefficient (Wildman–Crippen LogP) is 2.45. The van der Waals surface area contributed by atoms with Crippen molar-refractivity contribution in [3.63, 3.8) is 0 Å². The summed E-state index contributed by atoms with van der Waals surface area (Å²) in [7, 11) is 0. The number of amides is 1. The highest BCUT2D eigenvalue weighted by atomic mass is 79.9. The summed E-state index contributed by atoms with van der Waals surface area (Å²) in [5.41, 5.74) is 0.0725. The molecular weight excluding hydrogens is 326 g/mol. The lowest BCUT2D eigenvalue weighted by atomic mass is 10.0. The summed E-state index contributed by atoms with van der Waals surface area (Å²) in [6.07, 6.45) is 1.90. The molecule has 0 aromatic heterocycles. The van der Waals surface area contributed by atoms with Gasteiger partial charge in [0.1, 0.15) is 0 Å². The molecule has 1 aromatic rings. The van der Waals surface area contributed by atoms with Gasteiger partial charge in [0.15, 0.2) is 0 Å². The predicted molar refractivity (Wildman–Crippen MR) is 77.0 cm³/mol. The van der Waals surface area contributed by atoms with Crippen molar-refractivity contribution < 1.29 is 19.4 Å². The van der Waals surface area contributed by atoms with Crippen LogP contribution in [-0.2, 0) is 4.74 Å². The van der Waals surface area contributed by atoms with Crippen LogP contribution < -0.4 is 5.32 Å². The molecule has 2 N–H and O–H groups in total. The van der Waals surface area contributed by atoms with Crippen molar-refractivity contribution in [3.8, 4) is 0 Å². The first-order valence-electron chi connectivity index (χ1n) is 6.36. The fraction of sp³-hybridized carbons (Fsp3) is 0.429. The smallest absolute Gasteiger partial charge is 0.335 e. The normalized spacial score (nSPS) is 21.7. The second-order valence-electron chi connectivity index (χ2n) is 5.12. The summed E-state index contributed by atoms with van der Waals surface area (Å²) in [4.78, 5) is 23.1. The number of hydrogen-bond acceptors (Lipinski definition) is 3. The average molecular weight is 342 g/mol. The Labute approximate surface area is 125 Å². The van der Waals surface area contributed by atoms with Gasteiger partial charge in [0.25, 0.3) is 5.91 Å². The maximum Gasteiger partial charge on any atom is 0.335 e. The minimum atomic E-state index is -1.06. The number of carboxylic acid groups (broad SMARTS) is 1. The van der Waals surface area contributed by atoms with Crippen LogP contribution in [0.3, 0.4) is 0 Å². The van der Waals surface area contributed by atoms with Crippen molar-refractivity contribution >= 4 is 27.8 Å². The molecule has 1 unspecified atom stereocenters. The second kappa shape index (κ2) is 5.93. The van der Waals surface area contributed by atoms with Crippen molar-refractivity contribution in [2.75, 3.05) is 13.2 Å². The van der Waals surface area contributed by atoms with E-state index in [-0.39, 0.29) is 17.1 Å². The van der Waals surface area contributed by atoms with E-state index in [1.54, 1.807) is 6.07 Å². The molecule has 6 heteroatoms. The van der Waals surface area contributed by atoms with Crippen molar-refractivity contribution in [1.29, 1.82) is 0 Å². The first-order valence-corrected chi connectivity index (χ1v) is 7.15. The molecule has 0 spiro atoms. The van der Waals surface area contributed by atoms with Gasteiger partial charge in [-0.15, -0.1) is 0 Å².